The minimum absolute atomic E-state index is 0.0450. The third-order valence-electron chi connectivity index (χ3n) is 4.56. The summed E-state index contributed by atoms with van der Waals surface area (Å²) in [5, 5.41) is 14.8. The lowest BCUT2D eigenvalue weighted by atomic mass is 10.2. The van der Waals surface area contributed by atoms with Crippen LogP contribution in [0.2, 0.25) is 0 Å². The van der Waals surface area contributed by atoms with Gasteiger partial charge in [0.2, 0.25) is 5.91 Å². The second-order valence-corrected chi connectivity index (χ2v) is 6.51. The molecule has 9 nitrogen and oxygen atoms in total. The zero-order chi connectivity index (χ0) is 20.4. The Balaban J connectivity index is 1.41. The monoisotopic (exact) mass is 395 g/mol. The minimum Gasteiger partial charge on any atom is -0.308 e. The third kappa shape index (κ3) is 3.77. The first-order valence-corrected chi connectivity index (χ1v) is 9.00. The third-order valence-corrected chi connectivity index (χ3v) is 4.56. The van der Waals surface area contributed by atoms with Crippen LogP contribution in [-0.4, -0.2) is 35.1 Å². The summed E-state index contributed by atoms with van der Waals surface area (Å²) >= 11 is 0. The summed E-state index contributed by atoms with van der Waals surface area (Å²) in [6.07, 6.45) is 1.67. The van der Waals surface area contributed by atoms with Crippen LogP contribution in [0.4, 0.5) is 10.2 Å². The fourth-order valence-corrected chi connectivity index (χ4v) is 2.93. The lowest BCUT2D eigenvalue weighted by Gasteiger charge is -2.06. The van der Waals surface area contributed by atoms with E-state index in [1.807, 2.05) is 0 Å². The van der Waals surface area contributed by atoms with E-state index in [1.165, 1.54) is 19.8 Å². The van der Waals surface area contributed by atoms with Crippen LogP contribution in [0.3, 0.4) is 0 Å². The number of pyridine rings is 1. The fraction of sp³-hybridized carbons (Fsp3) is 0.211. The van der Waals surface area contributed by atoms with E-state index in [0.717, 1.165) is 0 Å². The van der Waals surface area contributed by atoms with Gasteiger partial charge in [-0.2, -0.15) is 0 Å². The molecule has 29 heavy (non-hydrogen) atoms. The lowest BCUT2D eigenvalue weighted by Crippen LogP contribution is -2.24. The van der Waals surface area contributed by atoms with Gasteiger partial charge in [-0.05, 0) is 25.1 Å². The van der Waals surface area contributed by atoms with Crippen molar-refractivity contribution in [3.05, 3.63) is 76.2 Å². The molecule has 0 aliphatic carbocycles. The molecule has 1 amide bonds. The van der Waals surface area contributed by atoms with Gasteiger partial charge in [-0.15, -0.1) is 10.2 Å². The molecule has 0 saturated carbocycles. The Morgan fingerprint density at radius 3 is 2.72 bits per heavy atom. The van der Waals surface area contributed by atoms with Gasteiger partial charge in [0.1, 0.15) is 5.82 Å². The van der Waals surface area contributed by atoms with Crippen molar-refractivity contribution in [1.82, 2.24) is 29.2 Å². The van der Waals surface area contributed by atoms with Crippen LogP contribution in [-0.2, 0) is 17.9 Å². The Morgan fingerprint density at radius 1 is 1.14 bits per heavy atom. The molecule has 1 N–H and O–H groups in total. The van der Waals surface area contributed by atoms with Crippen molar-refractivity contribution in [3.8, 4) is 0 Å². The molecule has 0 spiro atoms. The molecule has 0 atom stereocenters. The molecule has 1 aromatic carbocycles. The first-order valence-electron chi connectivity index (χ1n) is 9.00. The molecule has 0 fully saturated rings. The van der Waals surface area contributed by atoms with Crippen LogP contribution in [0.25, 0.3) is 5.65 Å². The Labute approximate surface area is 164 Å². The molecule has 0 unspecified atom stereocenters. The van der Waals surface area contributed by atoms with E-state index < -0.39 is 0 Å². The molecule has 148 valence electrons. The average Bonchev–Trinajstić information content (AvgIpc) is 3.22. The van der Waals surface area contributed by atoms with Gasteiger partial charge in [0.25, 0.3) is 0 Å². The van der Waals surface area contributed by atoms with Crippen molar-refractivity contribution in [2.45, 2.75) is 26.4 Å². The number of nitrogens with one attached hydrogen (secondary N) is 1. The number of halogens is 1. The predicted octanol–water partition coefficient (Wildman–Crippen LogP) is 1.61. The van der Waals surface area contributed by atoms with Gasteiger partial charge >= 0.3 is 5.69 Å². The van der Waals surface area contributed by atoms with Gasteiger partial charge in [0, 0.05) is 18.2 Å². The van der Waals surface area contributed by atoms with E-state index in [1.54, 1.807) is 49.5 Å². The van der Waals surface area contributed by atoms with E-state index in [9.17, 15) is 14.0 Å². The number of anilines is 1. The molecule has 10 heteroatoms. The summed E-state index contributed by atoms with van der Waals surface area (Å²) in [6, 6.07) is 11.6. The maximum Gasteiger partial charge on any atom is 0.350 e. The molecule has 4 rings (SSSR count). The number of hydrogen-bond acceptors (Lipinski definition) is 5. The Morgan fingerprint density at radius 2 is 1.93 bits per heavy atom. The molecule has 4 aromatic rings. The van der Waals surface area contributed by atoms with Crippen LogP contribution < -0.4 is 11.0 Å². The maximum atomic E-state index is 13.8. The normalized spacial score (nSPS) is 11.1. The highest BCUT2D eigenvalue weighted by atomic mass is 19.1. The van der Waals surface area contributed by atoms with Gasteiger partial charge in [-0.1, -0.05) is 29.5 Å². The number of nitrogens with zero attached hydrogens (tertiary/aromatic N) is 6. The SMILES string of the molecule is Cc1c(NC(=O)CCn2nc3ccccn3c2=O)nnn1Cc1ccccc1F. The number of fused-ring (bicyclic) bond motifs is 1. The van der Waals surface area contributed by atoms with E-state index in [2.05, 4.69) is 20.7 Å². The Hall–Kier alpha value is -3.82. The van der Waals surface area contributed by atoms with E-state index >= 15 is 0 Å². The molecule has 0 bridgehead atoms. The van der Waals surface area contributed by atoms with Crippen molar-refractivity contribution in [3.63, 3.8) is 0 Å². The van der Waals surface area contributed by atoms with Gasteiger partial charge in [-0.3, -0.25) is 9.20 Å². The zero-order valence-electron chi connectivity index (χ0n) is 15.6. The number of carbonyl (C=O) groups excluding carboxylic acids is 1. The number of rotatable bonds is 6. The largest absolute Gasteiger partial charge is 0.350 e. The van der Waals surface area contributed by atoms with Crippen molar-refractivity contribution < 1.29 is 9.18 Å². The van der Waals surface area contributed by atoms with Crippen LogP contribution >= 0.6 is 0 Å². The average molecular weight is 395 g/mol. The number of carbonyl (C=O) groups is 1. The Kier molecular flexibility index (Phi) is 4.90. The van der Waals surface area contributed by atoms with Gasteiger partial charge in [0.05, 0.1) is 18.8 Å². The minimum atomic E-state index is -0.328. The predicted molar refractivity (Wildman–Crippen MR) is 103 cm³/mol. The molecular formula is C19H18FN7O2. The molecule has 0 saturated heterocycles. The zero-order valence-corrected chi connectivity index (χ0v) is 15.6. The number of aromatic nitrogens is 6. The van der Waals surface area contributed by atoms with Crippen LogP contribution in [0.5, 0.6) is 0 Å². The molecule has 3 heterocycles. The van der Waals surface area contributed by atoms with Crippen molar-refractivity contribution in [2.24, 2.45) is 0 Å². The summed E-state index contributed by atoms with van der Waals surface area (Å²) in [6.45, 7) is 2.08. The molecule has 3 aromatic heterocycles. The van der Waals surface area contributed by atoms with Gasteiger partial charge in [0.15, 0.2) is 11.5 Å². The summed E-state index contributed by atoms with van der Waals surface area (Å²) in [4.78, 5) is 24.5. The number of amides is 1. The smallest absolute Gasteiger partial charge is 0.308 e. The maximum absolute atomic E-state index is 13.8. The van der Waals surface area contributed by atoms with E-state index in [0.29, 0.717) is 22.7 Å². The van der Waals surface area contributed by atoms with E-state index in [-0.39, 0.29) is 36.9 Å². The summed E-state index contributed by atoms with van der Waals surface area (Å²) in [5.74, 6) is -0.352. The summed E-state index contributed by atoms with van der Waals surface area (Å²) in [7, 11) is 0. The highest BCUT2D eigenvalue weighted by molar-refractivity contribution is 5.90. The van der Waals surface area contributed by atoms with E-state index in [4.69, 9.17) is 0 Å². The highest BCUT2D eigenvalue weighted by Gasteiger charge is 2.14. The Bertz CT molecular complexity index is 1240. The molecular weight excluding hydrogens is 377 g/mol. The highest BCUT2D eigenvalue weighted by Crippen LogP contribution is 2.14. The van der Waals surface area contributed by atoms with Crippen molar-refractivity contribution >= 4 is 17.4 Å². The number of benzene rings is 1. The topological polar surface area (TPSA) is 99.1 Å². The van der Waals surface area contributed by atoms with Crippen molar-refractivity contribution in [2.75, 3.05) is 5.32 Å². The first-order chi connectivity index (χ1) is 14.0. The molecule has 0 aliphatic rings. The quantitative estimate of drug-likeness (QED) is 0.535. The van der Waals surface area contributed by atoms with Crippen LogP contribution in [0.15, 0.2) is 53.5 Å². The lowest BCUT2D eigenvalue weighted by molar-refractivity contribution is -0.116. The first kappa shape index (κ1) is 18.5. The summed E-state index contributed by atoms with van der Waals surface area (Å²) in [5.41, 5.74) is 1.29. The van der Waals surface area contributed by atoms with Crippen LogP contribution in [0.1, 0.15) is 17.7 Å². The number of aryl methyl sites for hydroxylation is 1. The van der Waals surface area contributed by atoms with Crippen LogP contribution in [0, 0.1) is 12.7 Å². The number of hydrogen-bond donors (Lipinski definition) is 1. The summed E-state index contributed by atoms with van der Waals surface area (Å²) < 4.78 is 18.0. The standard InChI is InChI=1S/C19H18FN7O2/c1-13-18(22-24-27(13)12-14-6-2-3-7-15(14)20)21-17(28)9-11-26-19(29)25-10-5-4-8-16(25)23-26/h2-8,10H,9,11-12H2,1H3,(H,21,28). The second kappa shape index (κ2) is 7.66. The van der Waals surface area contributed by atoms with Gasteiger partial charge < -0.3 is 5.32 Å². The fourth-order valence-electron chi connectivity index (χ4n) is 2.93. The molecule has 0 radical (unpaired) electrons. The molecule has 0 aliphatic heterocycles. The van der Waals surface area contributed by atoms with Gasteiger partial charge in [-0.25, -0.2) is 18.5 Å². The van der Waals surface area contributed by atoms with Crippen molar-refractivity contribution in [1.29, 1.82) is 0 Å². The second-order valence-electron chi connectivity index (χ2n) is 6.51.